The van der Waals surface area contributed by atoms with E-state index in [2.05, 4.69) is 5.10 Å². The van der Waals surface area contributed by atoms with Crippen molar-refractivity contribution in [1.29, 1.82) is 0 Å². The second-order valence-electron chi connectivity index (χ2n) is 5.90. The Morgan fingerprint density at radius 2 is 2.08 bits per heavy atom. The van der Waals surface area contributed by atoms with Crippen LogP contribution in [0.25, 0.3) is 11.5 Å². The number of carbonyl (C=O) groups is 1. The van der Waals surface area contributed by atoms with Gasteiger partial charge in [0.05, 0.1) is 11.5 Å². The van der Waals surface area contributed by atoms with Crippen LogP contribution in [0.15, 0.2) is 33.5 Å². The maximum atomic E-state index is 12.9. The Bertz CT molecular complexity index is 948. The Kier molecular flexibility index (Phi) is 4.46. The van der Waals surface area contributed by atoms with E-state index in [-0.39, 0.29) is 23.9 Å². The normalized spacial score (nSPS) is 19.0. The van der Waals surface area contributed by atoms with Crippen molar-refractivity contribution in [3.8, 4) is 11.5 Å². The number of rotatable bonds is 4. The zero-order chi connectivity index (χ0) is 18.2. The van der Waals surface area contributed by atoms with Gasteiger partial charge in [0, 0.05) is 18.7 Å². The molecule has 1 aromatic carbocycles. The first-order chi connectivity index (χ1) is 11.7. The molecule has 10 heteroatoms. The smallest absolute Gasteiger partial charge is 0.388 e. The molecule has 1 aromatic heterocycles. The number of carbonyl (C=O) groups excluding carboxylic acids is 1. The van der Waals surface area contributed by atoms with Gasteiger partial charge in [0.1, 0.15) is 12.4 Å². The molecule has 1 unspecified atom stereocenters. The summed E-state index contributed by atoms with van der Waals surface area (Å²) in [4.78, 5) is 25.5. The Hall–Kier alpha value is -2.49. The Balaban J connectivity index is 1.74. The summed E-state index contributed by atoms with van der Waals surface area (Å²) in [5, 5.41) is 3.94. The average molecular weight is 369 g/mol. The molecule has 134 valence electrons. The van der Waals surface area contributed by atoms with Crippen molar-refractivity contribution in [2.24, 2.45) is 0 Å². The first-order valence-corrected chi connectivity index (χ1v) is 9.37. The molecular weight excluding hydrogens is 353 g/mol. The number of sulfone groups is 1. The number of amides is 1. The molecule has 1 fully saturated rings. The molecule has 1 aliphatic heterocycles. The summed E-state index contributed by atoms with van der Waals surface area (Å²) in [5.74, 6) is -1.75. The summed E-state index contributed by atoms with van der Waals surface area (Å²) in [6.45, 7) is -0.365. The van der Waals surface area contributed by atoms with Crippen LogP contribution >= 0.6 is 0 Å². The van der Waals surface area contributed by atoms with Crippen LogP contribution in [0, 0.1) is 5.82 Å². The highest BCUT2D eigenvalue weighted by Crippen LogP contribution is 2.18. The van der Waals surface area contributed by atoms with E-state index < -0.39 is 33.4 Å². The second-order valence-corrected chi connectivity index (χ2v) is 8.13. The van der Waals surface area contributed by atoms with E-state index >= 15 is 0 Å². The minimum Gasteiger partial charge on any atom is -0.388 e. The predicted molar refractivity (Wildman–Crippen MR) is 86.0 cm³/mol. The van der Waals surface area contributed by atoms with E-state index in [9.17, 15) is 22.4 Å². The maximum absolute atomic E-state index is 12.9. The summed E-state index contributed by atoms with van der Waals surface area (Å²) in [6, 6.07) is 4.81. The molecule has 25 heavy (non-hydrogen) atoms. The number of halogens is 1. The Labute approximate surface area is 142 Å². The van der Waals surface area contributed by atoms with Crippen molar-refractivity contribution in [1.82, 2.24) is 14.7 Å². The minimum atomic E-state index is -3.12. The van der Waals surface area contributed by atoms with Gasteiger partial charge in [-0.15, -0.1) is 5.10 Å². The molecule has 1 saturated heterocycles. The molecular formula is C15H16FN3O5S. The fourth-order valence-corrected chi connectivity index (χ4v) is 4.41. The van der Waals surface area contributed by atoms with Crippen LogP contribution in [-0.2, 0) is 21.2 Å². The highest BCUT2D eigenvalue weighted by Gasteiger charge is 2.33. The summed E-state index contributed by atoms with van der Waals surface area (Å²) in [6.07, 6.45) is 0.374. The third kappa shape index (κ3) is 3.78. The first kappa shape index (κ1) is 17.3. The van der Waals surface area contributed by atoms with Crippen LogP contribution in [-0.4, -0.2) is 53.6 Å². The predicted octanol–water partition coefficient (Wildman–Crippen LogP) is 0.288. The van der Waals surface area contributed by atoms with Crippen LogP contribution in [0.4, 0.5) is 4.39 Å². The zero-order valence-electron chi connectivity index (χ0n) is 13.4. The van der Waals surface area contributed by atoms with Crippen LogP contribution in [0.2, 0.25) is 0 Å². The van der Waals surface area contributed by atoms with Gasteiger partial charge in [-0.05, 0) is 30.7 Å². The van der Waals surface area contributed by atoms with Gasteiger partial charge in [-0.25, -0.2) is 17.6 Å². The van der Waals surface area contributed by atoms with Crippen molar-refractivity contribution in [2.45, 2.75) is 19.0 Å². The van der Waals surface area contributed by atoms with E-state index in [1.54, 1.807) is 0 Å². The van der Waals surface area contributed by atoms with E-state index in [0.29, 0.717) is 12.0 Å². The van der Waals surface area contributed by atoms with Crippen LogP contribution in [0.3, 0.4) is 0 Å². The molecule has 1 aliphatic rings. The fraction of sp³-hybridized carbons (Fsp3) is 0.400. The van der Waals surface area contributed by atoms with Crippen molar-refractivity contribution in [3.63, 3.8) is 0 Å². The van der Waals surface area contributed by atoms with Gasteiger partial charge in [-0.2, -0.15) is 4.68 Å². The monoisotopic (exact) mass is 369 g/mol. The standard InChI is InChI=1S/C15H16FN3O5S/c1-18(12-6-7-25(22,23)9-12)13(20)8-19-15(21)24-14(17-19)10-2-4-11(16)5-3-10/h2-5,12H,6-9H2,1H3. The van der Waals surface area contributed by atoms with Crippen LogP contribution in [0.1, 0.15) is 6.42 Å². The molecule has 8 nitrogen and oxygen atoms in total. The lowest BCUT2D eigenvalue weighted by Gasteiger charge is -2.22. The largest absolute Gasteiger partial charge is 0.437 e. The Morgan fingerprint density at radius 3 is 2.68 bits per heavy atom. The molecule has 0 spiro atoms. The van der Waals surface area contributed by atoms with Gasteiger partial charge in [-0.3, -0.25) is 4.79 Å². The molecule has 2 heterocycles. The van der Waals surface area contributed by atoms with Gasteiger partial charge in [0.15, 0.2) is 9.84 Å². The molecule has 0 saturated carbocycles. The highest BCUT2D eigenvalue weighted by atomic mass is 32.2. The molecule has 0 N–H and O–H groups in total. The molecule has 1 atom stereocenters. The van der Waals surface area contributed by atoms with E-state index in [0.717, 1.165) is 4.68 Å². The number of likely N-dealkylation sites (N-methyl/N-ethyl adjacent to an activating group) is 1. The number of nitrogens with zero attached hydrogens (tertiary/aromatic N) is 3. The number of aromatic nitrogens is 2. The summed E-state index contributed by atoms with van der Waals surface area (Å²) in [5.41, 5.74) is 0.403. The number of hydrogen-bond acceptors (Lipinski definition) is 6. The van der Waals surface area contributed by atoms with E-state index in [1.165, 1.54) is 36.2 Å². The molecule has 0 aliphatic carbocycles. The van der Waals surface area contributed by atoms with Crippen molar-refractivity contribution >= 4 is 15.7 Å². The van der Waals surface area contributed by atoms with Gasteiger partial charge in [-0.1, -0.05) is 0 Å². The zero-order valence-corrected chi connectivity index (χ0v) is 14.2. The van der Waals surface area contributed by atoms with Gasteiger partial charge < -0.3 is 9.32 Å². The van der Waals surface area contributed by atoms with Crippen molar-refractivity contribution in [3.05, 3.63) is 40.6 Å². The quantitative estimate of drug-likeness (QED) is 0.767. The molecule has 0 bridgehead atoms. The third-order valence-corrected chi connectivity index (χ3v) is 5.88. The number of hydrogen-bond donors (Lipinski definition) is 0. The average Bonchev–Trinajstić information content (AvgIpc) is 3.10. The lowest BCUT2D eigenvalue weighted by molar-refractivity contribution is -0.132. The molecule has 0 radical (unpaired) electrons. The second kappa shape index (κ2) is 6.43. The van der Waals surface area contributed by atoms with Crippen LogP contribution < -0.4 is 5.76 Å². The lowest BCUT2D eigenvalue weighted by atomic mass is 10.2. The summed E-state index contributed by atoms with van der Waals surface area (Å²) < 4.78 is 41.8. The highest BCUT2D eigenvalue weighted by molar-refractivity contribution is 7.91. The molecule has 2 aromatic rings. The maximum Gasteiger partial charge on any atom is 0.437 e. The van der Waals surface area contributed by atoms with Gasteiger partial charge >= 0.3 is 5.76 Å². The Morgan fingerprint density at radius 1 is 1.40 bits per heavy atom. The number of benzene rings is 1. The van der Waals surface area contributed by atoms with E-state index in [4.69, 9.17) is 4.42 Å². The van der Waals surface area contributed by atoms with Crippen molar-refractivity contribution in [2.75, 3.05) is 18.6 Å². The summed E-state index contributed by atoms with van der Waals surface area (Å²) in [7, 11) is -1.62. The lowest BCUT2D eigenvalue weighted by Crippen LogP contribution is -2.41. The minimum absolute atomic E-state index is 0.0242. The SMILES string of the molecule is CN(C(=O)Cn1nc(-c2ccc(F)cc2)oc1=O)C1CCS(=O)(=O)C1. The van der Waals surface area contributed by atoms with E-state index in [1.807, 2.05) is 0 Å². The molecule has 1 amide bonds. The van der Waals surface area contributed by atoms with Gasteiger partial charge in [0.2, 0.25) is 11.8 Å². The van der Waals surface area contributed by atoms with Crippen LogP contribution in [0.5, 0.6) is 0 Å². The summed E-state index contributed by atoms with van der Waals surface area (Å²) >= 11 is 0. The first-order valence-electron chi connectivity index (χ1n) is 7.55. The van der Waals surface area contributed by atoms with Crippen molar-refractivity contribution < 1.29 is 22.0 Å². The van der Waals surface area contributed by atoms with Gasteiger partial charge in [0.25, 0.3) is 0 Å². The fourth-order valence-electron chi connectivity index (χ4n) is 2.64. The topological polar surface area (TPSA) is 102 Å². The third-order valence-electron chi connectivity index (χ3n) is 4.13. The molecule has 3 rings (SSSR count).